The third kappa shape index (κ3) is 3.48. The maximum Gasteiger partial charge on any atom is 0.335 e. The number of pyridine rings is 1. The summed E-state index contributed by atoms with van der Waals surface area (Å²) < 4.78 is 0. The van der Waals surface area contributed by atoms with Crippen LogP contribution in [0.15, 0.2) is 60.9 Å². The molecular formula is C25H18N6O2. The number of aromatic carboxylic acids is 1. The highest BCUT2D eigenvalue weighted by Crippen LogP contribution is 2.45. The second-order valence-electron chi connectivity index (χ2n) is 8.29. The molecule has 0 radical (unpaired) electrons. The molecule has 0 bridgehead atoms. The summed E-state index contributed by atoms with van der Waals surface area (Å²) in [5.41, 5.74) is 3.68. The van der Waals surface area contributed by atoms with Crippen LogP contribution < -0.4 is 0 Å². The van der Waals surface area contributed by atoms with Gasteiger partial charge >= 0.3 is 5.97 Å². The average Bonchev–Trinajstić information content (AvgIpc) is 3.31. The van der Waals surface area contributed by atoms with Crippen LogP contribution in [-0.2, 0) is 5.54 Å². The fourth-order valence-corrected chi connectivity index (χ4v) is 4.46. The molecule has 2 aromatic carbocycles. The molecule has 0 atom stereocenters. The highest BCUT2D eigenvalue weighted by atomic mass is 16.4. The van der Waals surface area contributed by atoms with Gasteiger partial charge in [-0.3, -0.25) is 4.98 Å². The minimum Gasteiger partial charge on any atom is -0.478 e. The Morgan fingerprint density at radius 3 is 2.64 bits per heavy atom. The van der Waals surface area contributed by atoms with Gasteiger partial charge in [-0.25, -0.2) is 4.79 Å². The van der Waals surface area contributed by atoms with Crippen LogP contribution in [0, 0.1) is 28.6 Å². The third-order valence-corrected chi connectivity index (χ3v) is 6.22. The van der Waals surface area contributed by atoms with Crippen molar-refractivity contribution >= 4 is 16.9 Å². The van der Waals surface area contributed by atoms with Crippen molar-refractivity contribution in [2.45, 2.75) is 24.8 Å². The molecule has 0 spiro atoms. The maximum absolute atomic E-state index is 11.2. The summed E-state index contributed by atoms with van der Waals surface area (Å²) >= 11 is 0. The first kappa shape index (κ1) is 20.3. The Balaban J connectivity index is 1.60. The molecule has 33 heavy (non-hydrogen) atoms. The first-order chi connectivity index (χ1) is 16.0. The highest BCUT2D eigenvalue weighted by Gasteiger charge is 2.48. The third-order valence-electron chi connectivity index (χ3n) is 6.22. The van der Waals surface area contributed by atoms with Gasteiger partial charge in [0.15, 0.2) is 0 Å². The molecule has 8 heteroatoms. The van der Waals surface area contributed by atoms with Crippen molar-refractivity contribution in [2.75, 3.05) is 0 Å². The van der Waals surface area contributed by atoms with Crippen LogP contribution in [0.5, 0.6) is 0 Å². The Kier molecular flexibility index (Phi) is 4.84. The lowest BCUT2D eigenvalue weighted by atomic mass is 9.68. The SMILES string of the molecule is N#CCC1(n2ncc(-c3cc(-c4ccc(C(=O)O)cc4)cc4ncccc34)n2)CC(C#N)C1. The summed E-state index contributed by atoms with van der Waals surface area (Å²) in [5.74, 6) is -1.06. The molecule has 0 aliphatic heterocycles. The molecule has 1 fully saturated rings. The van der Waals surface area contributed by atoms with E-state index in [1.54, 1.807) is 41.5 Å². The van der Waals surface area contributed by atoms with Gasteiger partial charge in [0.25, 0.3) is 0 Å². The monoisotopic (exact) mass is 434 g/mol. The van der Waals surface area contributed by atoms with Gasteiger partial charge in [-0.05, 0) is 54.3 Å². The molecule has 2 heterocycles. The van der Waals surface area contributed by atoms with E-state index in [0.29, 0.717) is 18.5 Å². The van der Waals surface area contributed by atoms with E-state index in [2.05, 4.69) is 22.2 Å². The molecule has 1 aliphatic carbocycles. The van der Waals surface area contributed by atoms with Gasteiger partial charge in [0.05, 0.1) is 47.3 Å². The van der Waals surface area contributed by atoms with Crippen molar-refractivity contribution < 1.29 is 9.90 Å². The van der Waals surface area contributed by atoms with E-state index < -0.39 is 11.5 Å². The van der Waals surface area contributed by atoms with E-state index in [0.717, 1.165) is 27.6 Å². The number of aromatic nitrogens is 4. The number of carboxylic acid groups (broad SMARTS) is 1. The molecule has 2 aromatic heterocycles. The second kappa shape index (κ2) is 7.85. The molecular weight excluding hydrogens is 416 g/mol. The van der Waals surface area contributed by atoms with Gasteiger partial charge in [-0.2, -0.15) is 25.5 Å². The lowest BCUT2D eigenvalue weighted by molar-refractivity contribution is 0.0696. The molecule has 1 aliphatic rings. The Morgan fingerprint density at radius 2 is 1.94 bits per heavy atom. The Labute approximate surface area is 189 Å². The molecule has 0 amide bonds. The van der Waals surface area contributed by atoms with Crippen molar-refractivity contribution in [3.63, 3.8) is 0 Å². The van der Waals surface area contributed by atoms with Crippen LogP contribution in [0.2, 0.25) is 0 Å². The lowest BCUT2D eigenvalue weighted by Gasteiger charge is -2.42. The van der Waals surface area contributed by atoms with E-state index in [4.69, 9.17) is 5.10 Å². The van der Waals surface area contributed by atoms with Crippen LogP contribution >= 0.6 is 0 Å². The van der Waals surface area contributed by atoms with Crippen molar-refractivity contribution in [2.24, 2.45) is 5.92 Å². The van der Waals surface area contributed by atoms with Crippen LogP contribution in [-0.4, -0.2) is 31.1 Å². The van der Waals surface area contributed by atoms with E-state index in [1.165, 1.54) is 0 Å². The number of fused-ring (bicyclic) bond motifs is 1. The highest BCUT2D eigenvalue weighted by molar-refractivity contribution is 5.97. The quantitative estimate of drug-likeness (QED) is 0.493. The molecule has 5 rings (SSSR count). The topological polar surface area (TPSA) is 128 Å². The zero-order chi connectivity index (χ0) is 23.0. The maximum atomic E-state index is 11.2. The van der Waals surface area contributed by atoms with Crippen molar-refractivity contribution in [1.29, 1.82) is 10.5 Å². The summed E-state index contributed by atoms with van der Waals surface area (Å²) in [7, 11) is 0. The van der Waals surface area contributed by atoms with Gasteiger partial charge in [-0.1, -0.05) is 18.2 Å². The molecule has 1 saturated carbocycles. The van der Waals surface area contributed by atoms with Gasteiger partial charge < -0.3 is 5.11 Å². The first-order valence-electron chi connectivity index (χ1n) is 10.5. The lowest BCUT2D eigenvalue weighted by Crippen LogP contribution is -2.47. The molecule has 160 valence electrons. The Hall–Kier alpha value is -4.56. The minimum atomic E-state index is -0.972. The molecule has 8 nitrogen and oxygen atoms in total. The first-order valence-corrected chi connectivity index (χ1v) is 10.5. The van der Waals surface area contributed by atoms with Crippen LogP contribution in [0.4, 0.5) is 0 Å². The van der Waals surface area contributed by atoms with E-state index >= 15 is 0 Å². The van der Waals surface area contributed by atoms with Crippen molar-refractivity contribution in [3.05, 3.63) is 66.5 Å². The summed E-state index contributed by atoms with van der Waals surface area (Å²) in [6.45, 7) is 0. The second-order valence-corrected chi connectivity index (χ2v) is 8.29. The summed E-state index contributed by atoms with van der Waals surface area (Å²) in [6.07, 6.45) is 4.76. The normalized spacial score (nSPS) is 19.4. The zero-order valence-corrected chi connectivity index (χ0v) is 17.5. The number of nitrogens with zero attached hydrogens (tertiary/aromatic N) is 6. The summed E-state index contributed by atoms with van der Waals surface area (Å²) in [4.78, 5) is 17.3. The number of rotatable bonds is 5. The van der Waals surface area contributed by atoms with Gasteiger partial charge in [0, 0.05) is 17.1 Å². The molecule has 0 unspecified atom stereocenters. The van der Waals surface area contributed by atoms with E-state index in [1.807, 2.05) is 24.3 Å². The fraction of sp³-hybridized carbons (Fsp3) is 0.200. The zero-order valence-electron chi connectivity index (χ0n) is 17.5. The summed E-state index contributed by atoms with van der Waals surface area (Å²) in [6, 6.07) is 18.9. The van der Waals surface area contributed by atoms with E-state index in [-0.39, 0.29) is 17.9 Å². The van der Waals surface area contributed by atoms with Gasteiger partial charge in [0.2, 0.25) is 0 Å². The van der Waals surface area contributed by atoms with Crippen LogP contribution in [0.1, 0.15) is 29.6 Å². The number of carbonyl (C=O) groups is 1. The molecule has 4 aromatic rings. The van der Waals surface area contributed by atoms with E-state index in [9.17, 15) is 20.4 Å². The Morgan fingerprint density at radius 1 is 1.15 bits per heavy atom. The number of hydrogen-bond acceptors (Lipinski definition) is 6. The number of benzene rings is 2. The van der Waals surface area contributed by atoms with Crippen molar-refractivity contribution in [1.82, 2.24) is 20.0 Å². The number of hydrogen-bond donors (Lipinski definition) is 1. The van der Waals surface area contributed by atoms with Gasteiger partial charge in [0.1, 0.15) is 5.69 Å². The number of nitriles is 2. The molecule has 0 saturated heterocycles. The smallest absolute Gasteiger partial charge is 0.335 e. The molecule has 1 N–H and O–H groups in total. The summed E-state index contributed by atoms with van der Waals surface area (Å²) in [5, 5.41) is 37.8. The van der Waals surface area contributed by atoms with Crippen molar-refractivity contribution in [3.8, 4) is 34.5 Å². The fourth-order valence-electron chi connectivity index (χ4n) is 4.46. The number of carboxylic acids is 1. The predicted octanol–water partition coefficient (Wildman–Crippen LogP) is 4.40. The average molecular weight is 434 g/mol. The standard InChI is InChI=1S/C25H18N6O2/c26-8-7-25(12-16(13-25)14-27)31-29-15-23(30-31)21-10-19(11-22-20(21)2-1-9-28-22)17-3-5-18(6-4-17)24(32)33/h1-6,9-11,15-16H,7,12-13H2,(H,32,33). The Bertz CT molecular complexity index is 1450. The van der Waals surface area contributed by atoms with Crippen LogP contribution in [0.3, 0.4) is 0 Å². The largest absolute Gasteiger partial charge is 0.478 e. The van der Waals surface area contributed by atoms with Crippen LogP contribution in [0.25, 0.3) is 33.3 Å². The predicted molar refractivity (Wildman–Crippen MR) is 120 cm³/mol. The minimum absolute atomic E-state index is 0.0880. The van der Waals surface area contributed by atoms with Gasteiger partial charge in [-0.15, -0.1) is 0 Å².